The number of aromatic nitrogens is 2. The van der Waals surface area contributed by atoms with E-state index in [1.165, 1.54) is 5.56 Å². The number of aryl methyl sites for hydroxylation is 1. The Morgan fingerprint density at radius 3 is 2.33 bits per heavy atom. The van der Waals surface area contributed by atoms with Crippen LogP contribution in [0.4, 0.5) is 5.82 Å². The number of amides is 1. The van der Waals surface area contributed by atoms with Crippen molar-refractivity contribution in [1.29, 1.82) is 0 Å². The van der Waals surface area contributed by atoms with Crippen molar-refractivity contribution in [1.82, 2.24) is 15.6 Å². The third-order valence-electron chi connectivity index (χ3n) is 3.66. The summed E-state index contributed by atoms with van der Waals surface area (Å²) in [6.07, 6.45) is 0.767. The van der Waals surface area contributed by atoms with Gasteiger partial charge in [0.15, 0.2) is 5.82 Å². The molecule has 24 heavy (non-hydrogen) atoms. The summed E-state index contributed by atoms with van der Waals surface area (Å²) in [5, 5.41) is 8.23. The van der Waals surface area contributed by atoms with Crippen molar-refractivity contribution in [3.05, 3.63) is 89.1 Å². The van der Waals surface area contributed by atoms with Gasteiger partial charge in [-0.05, 0) is 42.7 Å². The van der Waals surface area contributed by atoms with E-state index in [-0.39, 0.29) is 5.91 Å². The first-order valence-electron chi connectivity index (χ1n) is 7.71. The molecule has 0 aliphatic heterocycles. The largest absolute Gasteiger partial charge is 0.280 e. The zero-order valence-corrected chi connectivity index (χ0v) is 13.4. The van der Waals surface area contributed by atoms with Crippen LogP contribution >= 0.6 is 0 Å². The molecule has 0 bridgehead atoms. The molecule has 120 valence electrons. The average Bonchev–Trinajstić information content (AvgIpc) is 2.63. The van der Waals surface area contributed by atoms with Crippen LogP contribution in [0.1, 0.15) is 27.2 Å². The normalized spacial score (nSPS) is 10.2. The van der Waals surface area contributed by atoms with Gasteiger partial charge in [0.05, 0.1) is 5.69 Å². The van der Waals surface area contributed by atoms with Crippen LogP contribution in [0, 0.1) is 6.92 Å². The van der Waals surface area contributed by atoms with E-state index in [1.54, 1.807) is 12.1 Å². The van der Waals surface area contributed by atoms with Gasteiger partial charge in [0.25, 0.3) is 5.91 Å². The van der Waals surface area contributed by atoms with Gasteiger partial charge in [-0.25, -0.2) is 0 Å². The Morgan fingerprint density at radius 1 is 0.958 bits per heavy atom. The van der Waals surface area contributed by atoms with Gasteiger partial charge < -0.3 is 0 Å². The Balaban J connectivity index is 1.68. The maximum absolute atomic E-state index is 12.0. The second kappa shape index (κ2) is 7.37. The smallest absolute Gasteiger partial charge is 0.269 e. The molecule has 0 unspecified atom stereocenters. The maximum Gasteiger partial charge on any atom is 0.269 e. The van der Waals surface area contributed by atoms with Crippen molar-refractivity contribution in [2.24, 2.45) is 0 Å². The lowest BCUT2D eigenvalue weighted by Crippen LogP contribution is -2.30. The summed E-state index contributed by atoms with van der Waals surface area (Å²) in [6, 6.07) is 21.1. The van der Waals surface area contributed by atoms with Crippen LogP contribution in [0.15, 0.2) is 66.7 Å². The van der Waals surface area contributed by atoms with Gasteiger partial charge >= 0.3 is 0 Å². The summed E-state index contributed by atoms with van der Waals surface area (Å²) in [5.41, 5.74) is 9.17. The van der Waals surface area contributed by atoms with Gasteiger partial charge in [0.2, 0.25) is 0 Å². The van der Waals surface area contributed by atoms with Gasteiger partial charge in [-0.1, -0.05) is 48.5 Å². The molecule has 1 heterocycles. The van der Waals surface area contributed by atoms with Crippen molar-refractivity contribution < 1.29 is 4.79 Å². The fourth-order valence-electron chi connectivity index (χ4n) is 2.33. The SMILES string of the molecule is Cc1nnc(NNC(=O)c2ccccc2)cc1Cc1ccccc1. The number of nitrogens with one attached hydrogen (secondary N) is 2. The Kier molecular flexibility index (Phi) is 4.81. The molecule has 0 aliphatic rings. The lowest BCUT2D eigenvalue weighted by atomic mass is 10.0. The summed E-state index contributed by atoms with van der Waals surface area (Å²) in [6.45, 7) is 1.93. The van der Waals surface area contributed by atoms with Crippen LogP contribution in [0.25, 0.3) is 0 Å². The minimum atomic E-state index is -0.220. The summed E-state index contributed by atoms with van der Waals surface area (Å²) in [7, 11) is 0. The molecular weight excluding hydrogens is 300 g/mol. The second-order valence-corrected chi connectivity index (χ2v) is 5.45. The quantitative estimate of drug-likeness (QED) is 0.709. The molecule has 1 amide bonds. The number of hydrazine groups is 1. The first-order chi connectivity index (χ1) is 11.7. The van der Waals surface area contributed by atoms with E-state index in [0.29, 0.717) is 11.4 Å². The molecule has 2 N–H and O–H groups in total. The first kappa shape index (κ1) is 15.7. The number of carbonyl (C=O) groups is 1. The molecule has 1 aromatic heterocycles. The number of benzene rings is 2. The molecule has 3 aromatic rings. The Bertz CT molecular complexity index is 819. The molecule has 0 saturated carbocycles. The molecule has 0 saturated heterocycles. The molecule has 5 heteroatoms. The molecule has 2 aromatic carbocycles. The van der Waals surface area contributed by atoms with Crippen LogP contribution < -0.4 is 10.9 Å². The third-order valence-corrected chi connectivity index (χ3v) is 3.66. The molecule has 0 spiro atoms. The topological polar surface area (TPSA) is 66.9 Å². The maximum atomic E-state index is 12.0. The van der Waals surface area contributed by atoms with E-state index in [0.717, 1.165) is 17.7 Å². The lowest BCUT2D eigenvalue weighted by Gasteiger charge is -2.10. The van der Waals surface area contributed by atoms with Crippen molar-refractivity contribution >= 4 is 11.7 Å². The van der Waals surface area contributed by atoms with Crippen molar-refractivity contribution in [3.63, 3.8) is 0 Å². The van der Waals surface area contributed by atoms with E-state index in [4.69, 9.17) is 0 Å². The highest BCUT2D eigenvalue weighted by Crippen LogP contribution is 2.14. The van der Waals surface area contributed by atoms with Crippen LogP contribution in [0.5, 0.6) is 0 Å². The van der Waals surface area contributed by atoms with E-state index in [9.17, 15) is 4.79 Å². The van der Waals surface area contributed by atoms with Gasteiger partial charge in [0.1, 0.15) is 0 Å². The molecule has 5 nitrogen and oxygen atoms in total. The van der Waals surface area contributed by atoms with E-state index >= 15 is 0 Å². The van der Waals surface area contributed by atoms with Gasteiger partial charge in [-0.2, -0.15) is 5.10 Å². The Morgan fingerprint density at radius 2 is 1.62 bits per heavy atom. The monoisotopic (exact) mass is 318 g/mol. The highest BCUT2D eigenvalue weighted by atomic mass is 16.2. The van der Waals surface area contributed by atoms with Crippen LogP contribution in [0.3, 0.4) is 0 Å². The summed E-state index contributed by atoms with van der Waals surface area (Å²) in [4.78, 5) is 12.0. The molecule has 0 fully saturated rings. The predicted molar refractivity (Wildman–Crippen MR) is 93.5 cm³/mol. The average molecular weight is 318 g/mol. The molecule has 0 aliphatic carbocycles. The summed E-state index contributed by atoms with van der Waals surface area (Å²) in [5.74, 6) is 0.290. The highest BCUT2D eigenvalue weighted by Gasteiger charge is 2.07. The zero-order valence-electron chi connectivity index (χ0n) is 13.4. The van der Waals surface area contributed by atoms with E-state index in [2.05, 4.69) is 33.2 Å². The predicted octanol–water partition coefficient (Wildman–Crippen LogP) is 3.13. The summed E-state index contributed by atoms with van der Waals surface area (Å²) >= 11 is 0. The molecule has 3 rings (SSSR count). The first-order valence-corrected chi connectivity index (χ1v) is 7.71. The highest BCUT2D eigenvalue weighted by molar-refractivity contribution is 5.94. The zero-order chi connectivity index (χ0) is 16.8. The van der Waals surface area contributed by atoms with Gasteiger partial charge in [0, 0.05) is 5.56 Å². The number of rotatable bonds is 5. The van der Waals surface area contributed by atoms with E-state index < -0.39 is 0 Å². The van der Waals surface area contributed by atoms with Crippen LogP contribution in [-0.4, -0.2) is 16.1 Å². The number of carbonyl (C=O) groups excluding carboxylic acids is 1. The minimum Gasteiger partial charge on any atom is -0.280 e. The number of hydrogen-bond acceptors (Lipinski definition) is 4. The van der Waals surface area contributed by atoms with Crippen LogP contribution in [0.2, 0.25) is 0 Å². The molecule has 0 atom stereocenters. The van der Waals surface area contributed by atoms with Gasteiger partial charge in [-0.15, -0.1) is 5.10 Å². The van der Waals surface area contributed by atoms with Crippen LogP contribution in [-0.2, 0) is 6.42 Å². The fourth-order valence-corrected chi connectivity index (χ4v) is 2.33. The van der Waals surface area contributed by atoms with Crippen molar-refractivity contribution in [2.75, 3.05) is 5.43 Å². The van der Waals surface area contributed by atoms with E-state index in [1.807, 2.05) is 49.4 Å². The molecular formula is C19H18N4O. The number of nitrogens with zero attached hydrogens (tertiary/aromatic N) is 2. The third kappa shape index (κ3) is 3.95. The van der Waals surface area contributed by atoms with Crippen molar-refractivity contribution in [2.45, 2.75) is 13.3 Å². The number of anilines is 1. The second-order valence-electron chi connectivity index (χ2n) is 5.45. The Labute approximate surface area is 140 Å². The lowest BCUT2D eigenvalue weighted by molar-refractivity contribution is 0.0962. The number of hydrogen-bond donors (Lipinski definition) is 2. The standard InChI is InChI=1S/C19H18N4O/c1-14-17(12-15-8-4-2-5-9-15)13-18(21-20-14)22-23-19(24)16-10-6-3-7-11-16/h2-11,13H,12H2,1H3,(H,21,22)(H,23,24). The summed E-state index contributed by atoms with van der Waals surface area (Å²) < 4.78 is 0. The molecule has 0 radical (unpaired) electrons. The minimum absolute atomic E-state index is 0.220. The Hall–Kier alpha value is -3.21. The van der Waals surface area contributed by atoms with Crippen molar-refractivity contribution in [3.8, 4) is 0 Å². The fraction of sp³-hybridized carbons (Fsp3) is 0.105. The van der Waals surface area contributed by atoms with Gasteiger partial charge in [-0.3, -0.25) is 15.6 Å².